The molecule has 0 saturated carbocycles. The second kappa shape index (κ2) is 5.48. The molecule has 0 aromatic carbocycles. The van der Waals surface area contributed by atoms with E-state index in [9.17, 15) is 14.4 Å². The number of nitrogens with zero attached hydrogens (tertiary/aromatic N) is 1. The average molecular weight is 253 g/mol. The van der Waals surface area contributed by atoms with Crippen LogP contribution in [-0.2, 0) is 14.4 Å². The fraction of sp³-hybridized carbons (Fsp3) is 0.750. The molecule has 6 heteroatoms. The molecule has 0 bridgehead atoms. The summed E-state index contributed by atoms with van der Waals surface area (Å²) in [5, 5.41) is 5.43. The first-order valence-corrected chi connectivity index (χ1v) is 6.47. The number of hydrogen-bond donors (Lipinski definition) is 2. The minimum atomic E-state index is -0.569. The van der Waals surface area contributed by atoms with Gasteiger partial charge in [-0.1, -0.05) is 12.8 Å². The molecular formula is C12H19N3O3. The topological polar surface area (TPSA) is 78.5 Å². The van der Waals surface area contributed by atoms with Gasteiger partial charge in [0.1, 0.15) is 12.6 Å². The van der Waals surface area contributed by atoms with E-state index in [2.05, 4.69) is 10.6 Å². The Bertz CT molecular complexity index is 362. The molecular weight excluding hydrogens is 234 g/mol. The second-order valence-corrected chi connectivity index (χ2v) is 4.91. The lowest BCUT2D eigenvalue weighted by Gasteiger charge is -2.34. The Labute approximate surface area is 106 Å². The van der Waals surface area contributed by atoms with Crippen LogP contribution in [0.25, 0.3) is 0 Å². The summed E-state index contributed by atoms with van der Waals surface area (Å²) in [6, 6.07) is -0.825. The monoisotopic (exact) mass is 253 g/mol. The molecule has 2 unspecified atom stereocenters. The van der Waals surface area contributed by atoms with E-state index in [4.69, 9.17) is 0 Å². The largest absolute Gasteiger partial charge is 0.320 e. The molecule has 2 fully saturated rings. The van der Waals surface area contributed by atoms with Crippen molar-refractivity contribution in [2.75, 3.05) is 13.1 Å². The molecule has 18 heavy (non-hydrogen) atoms. The fourth-order valence-electron chi connectivity index (χ4n) is 2.42. The highest BCUT2D eigenvalue weighted by Crippen LogP contribution is 2.14. The van der Waals surface area contributed by atoms with Crippen molar-refractivity contribution < 1.29 is 14.4 Å². The first-order valence-electron chi connectivity index (χ1n) is 6.47. The number of imide groups is 1. The van der Waals surface area contributed by atoms with Crippen molar-refractivity contribution in [3.8, 4) is 0 Å². The van der Waals surface area contributed by atoms with Gasteiger partial charge < -0.3 is 10.2 Å². The quantitative estimate of drug-likeness (QED) is 0.611. The van der Waals surface area contributed by atoms with Gasteiger partial charge in [-0.2, -0.15) is 0 Å². The Hall–Kier alpha value is -1.43. The van der Waals surface area contributed by atoms with Gasteiger partial charge in [-0.05, 0) is 26.3 Å². The third-order valence-electron chi connectivity index (χ3n) is 3.57. The Balaban J connectivity index is 2.06. The second-order valence-electron chi connectivity index (χ2n) is 4.91. The third kappa shape index (κ3) is 2.69. The van der Waals surface area contributed by atoms with E-state index in [1.54, 1.807) is 6.92 Å². The van der Waals surface area contributed by atoms with E-state index in [0.717, 1.165) is 32.2 Å². The van der Waals surface area contributed by atoms with Gasteiger partial charge in [0.2, 0.25) is 17.7 Å². The van der Waals surface area contributed by atoms with Crippen LogP contribution in [0.3, 0.4) is 0 Å². The summed E-state index contributed by atoms with van der Waals surface area (Å²) in [7, 11) is 0. The number of carbonyl (C=O) groups is 3. The van der Waals surface area contributed by atoms with Gasteiger partial charge in [-0.3, -0.25) is 19.7 Å². The number of piperazine rings is 1. The zero-order valence-corrected chi connectivity index (χ0v) is 10.6. The lowest BCUT2D eigenvalue weighted by atomic mass is 10.1. The van der Waals surface area contributed by atoms with Gasteiger partial charge >= 0.3 is 0 Å². The molecule has 3 amide bonds. The van der Waals surface area contributed by atoms with Crippen molar-refractivity contribution in [3.63, 3.8) is 0 Å². The Kier molecular flexibility index (Phi) is 3.96. The first-order chi connectivity index (χ1) is 8.59. The number of hydrogen-bond acceptors (Lipinski definition) is 4. The maximum absolute atomic E-state index is 12.3. The van der Waals surface area contributed by atoms with Crippen LogP contribution < -0.4 is 10.6 Å². The van der Waals surface area contributed by atoms with E-state index in [1.165, 1.54) is 4.90 Å². The summed E-state index contributed by atoms with van der Waals surface area (Å²) in [6.45, 7) is 2.44. The molecule has 2 atom stereocenters. The van der Waals surface area contributed by atoms with Gasteiger partial charge in [0, 0.05) is 0 Å². The zero-order chi connectivity index (χ0) is 13.1. The van der Waals surface area contributed by atoms with Crippen molar-refractivity contribution in [3.05, 3.63) is 0 Å². The van der Waals surface area contributed by atoms with Crippen LogP contribution in [0.4, 0.5) is 0 Å². The van der Waals surface area contributed by atoms with Crippen LogP contribution in [-0.4, -0.2) is 47.8 Å². The molecule has 2 aliphatic heterocycles. The highest BCUT2D eigenvalue weighted by molar-refractivity contribution is 6.04. The van der Waals surface area contributed by atoms with Crippen LogP contribution in [0.2, 0.25) is 0 Å². The highest BCUT2D eigenvalue weighted by Gasteiger charge is 2.36. The fourth-order valence-corrected chi connectivity index (χ4v) is 2.42. The molecule has 0 spiro atoms. The standard InChI is InChI=1S/C12H19N3O3/c1-8-11(17)14-10(16)7-15(8)12(18)9-5-3-2-4-6-13-9/h8-9,13H,2-7H2,1H3,(H,14,16,17). The molecule has 0 aromatic heterocycles. The highest BCUT2D eigenvalue weighted by atomic mass is 16.2. The van der Waals surface area contributed by atoms with Crippen molar-refractivity contribution in [2.24, 2.45) is 0 Å². The Morgan fingerprint density at radius 1 is 1.28 bits per heavy atom. The molecule has 0 radical (unpaired) electrons. The number of nitrogens with one attached hydrogen (secondary N) is 2. The summed E-state index contributed by atoms with van der Waals surface area (Å²) in [5.74, 6) is -0.930. The van der Waals surface area contributed by atoms with E-state index in [0.29, 0.717) is 0 Å². The van der Waals surface area contributed by atoms with Gasteiger partial charge in [0.15, 0.2) is 0 Å². The number of rotatable bonds is 1. The van der Waals surface area contributed by atoms with E-state index < -0.39 is 17.9 Å². The van der Waals surface area contributed by atoms with E-state index in [-0.39, 0.29) is 18.5 Å². The minimum Gasteiger partial charge on any atom is -0.320 e. The first kappa shape index (κ1) is 13.0. The molecule has 2 rings (SSSR count). The van der Waals surface area contributed by atoms with E-state index >= 15 is 0 Å². The van der Waals surface area contributed by atoms with Crippen molar-refractivity contribution >= 4 is 17.7 Å². The van der Waals surface area contributed by atoms with Crippen molar-refractivity contribution in [2.45, 2.75) is 44.7 Å². The van der Waals surface area contributed by atoms with Crippen LogP contribution >= 0.6 is 0 Å². The van der Waals surface area contributed by atoms with Crippen molar-refractivity contribution in [1.29, 1.82) is 0 Å². The molecule has 2 N–H and O–H groups in total. The predicted molar refractivity (Wildman–Crippen MR) is 64.6 cm³/mol. The smallest absolute Gasteiger partial charge is 0.249 e. The lowest BCUT2D eigenvalue weighted by molar-refractivity contribution is -0.150. The molecule has 0 aromatic rings. The molecule has 2 aliphatic rings. The molecule has 6 nitrogen and oxygen atoms in total. The summed E-state index contributed by atoms with van der Waals surface area (Å²) >= 11 is 0. The summed E-state index contributed by atoms with van der Waals surface area (Å²) in [6.07, 6.45) is 3.97. The average Bonchev–Trinajstić information content (AvgIpc) is 2.61. The predicted octanol–water partition coefficient (Wildman–Crippen LogP) is -0.608. The normalized spacial score (nSPS) is 29.7. The van der Waals surface area contributed by atoms with Gasteiger partial charge in [0.25, 0.3) is 0 Å². The number of amides is 3. The van der Waals surface area contributed by atoms with Gasteiger partial charge in [0.05, 0.1) is 6.04 Å². The SMILES string of the molecule is CC1C(=O)NC(=O)CN1C(=O)C1CCCCCN1. The van der Waals surface area contributed by atoms with Gasteiger partial charge in [-0.25, -0.2) is 0 Å². The van der Waals surface area contributed by atoms with Crippen LogP contribution in [0, 0.1) is 0 Å². The summed E-state index contributed by atoms with van der Waals surface area (Å²) < 4.78 is 0. The number of carbonyl (C=O) groups excluding carboxylic acids is 3. The molecule has 2 saturated heterocycles. The Morgan fingerprint density at radius 3 is 2.83 bits per heavy atom. The molecule has 0 aliphatic carbocycles. The lowest BCUT2D eigenvalue weighted by Crippen LogP contribution is -2.61. The Morgan fingerprint density at radius 2 is 2.06 bits per heavy atom. The maximum Gasteiger partial charge on any atom is 0.249 e. The summed E-state index contributed by atoms with van der Waals surface area (Å²) in [4.78, 5) is 36.6. The van der Waals surface area contributed by atoms with Crippen LogP contribution in [0.5, 0.6) is 0 Å². The van der Waals surface area contributed by atoms with E-state index in [1.807, 2.05) is 0 Å². The minimum absolute atomic E-state index is 0.0239. The third-order valence-corrected chi connectivity index (χ3v) is 3.57. The molecule has 100 valence electrons. The van der Waals surface area contributed by atoms with Crippen molar-refractivity contribution in [1.82, 2.24) is 15.5 Å². The molecule has 2 heterocycles. The maximum atomic E-state index is 12.3. The zero-order valence-electron chi connectivity index (χ0n) is 10.6. The van der Waals surface area contributed by atoms with Crippen LogP contribution in [0.1, 0.15) is 32.6 Å². The summed E-state index contributed by atoms with van der Waals surface area (Å²) in [5.41, 5.74) is 0. The van der Waals surface area contributed by atoms with Gasteiger partial charge in [-0.15, -0.1) is 0 Å². The van der Waals surface area contributed by atoms with Crippen LogP contribution in [0.15, 0.2) is 0 Å².